The van der Waals surface area contributed by atoms with E-state index in [0.29, 0.717) is 6.54 Å². The molecule has 1 amide bonds. The van der Waals surface area contributed by atoms with Gasteiger partial charge in [0.25, 0.3) is 0 Å². The second kappa shape index (κ2) is 13.5. The van der Waals surface area contributed by atoms with Crippen LogP contribution in [0.25, 0.3) is 0 Å². The molecule has 4 nitrogen and oxygen atoms in total. The van der Waals surface area contributed by atoms with Gasteiger partial charge in [0.05, 0.1) is 12.2 Å². The highest BCUT2D eigenvalue weighted by atomic mass is 16.6. The first-order chi connectivity index (χ1) is 8.86. The number of nitrogens with one attached hydrogen (secondary N) is 1. The third-order valence-electron chi connectivity index (χ3n) is 1.70. The number of carbonyl (C=O) groups excluding carboxylic acids is 1. The van der Waals surface area contributed by atoms with Gasteiger partial charge >= 0.3 is 6.09 Å². The Labute approximate surface area is 111 Å². The van der Waals surface area contributed by atoms with Crippen LogP contribution in [0.3, 0.4) is 0 Å². The smallest absolute Gasteiger partial charge is 0.408 e. The number of hydrogen-bond donors (Lipinski definition) is 1. The molecule has 1 aliphatic heterocycles. The van der Waals surface area contributed by atoms with Gasteiger partial charge in [0.2, 0.25) is 0 Å². The summed E-state index contributed by atoms with van der Waals surface area (Å²) in [5.41, 5.74) is 0.788. The summed E-state index contributed by atoms with van der Waals surface area (Å²) in [6.45, 7) is 12.5. The molecular weight excluding hydrogens is 228 g/mol. The largest absolute Gasteiger partial charge is 0.438 e. The summed E-state index contributed by atoms with van der Waals surface area (Å²) in [4.78, 5) is 14.7. The highest BCUT2D eigenvalue weighted by molar-refractivity contribution is 5.69. The second-order valence-corrected chi connectivity index (χ2v) is 2.53. The zero-order chi connectivity index (χ0) is 14.4. The molecule has 1 saturated heterocycles. The topological polar surface area (TPSA) is 51.2 Å². The zero-order valence-corrected chi connectivity index (χ0v) is 12.4. The number of amides is 1. The van der Waals surface area contributed by atoms with Gasteiger partial charge < -0.3 is 10.1 Å². The molecule has 2 rings (SSSR count). The predicted molar refractivity (Wildman–Crippen MR) is 75.5 cm³/mol. The minimum atomic E-state index is -0.370. The van der Waals surface area contributed by atoms with Gasteiger partial charge in [0.1, 0.15) is 0 Å². The van der Waals surface area contributed by atoms with Gasteiger partial charge in [-0.3, -0.25) is 4.98 Å². The lowest BCUT2D eigenvalue weighted by Crippen LogP contribution is -2.12. The van der Waals surface area contributed by atoms with Crippen LogP contribution < -0.4 is 5.32 Å². The molecule has 0 bridgehead atoms. The van der Waals surface area contributed by atoms with E-state index in [-0.39, 0.29) is 12.2 Å². The lowest BCUT2D eigenvalue weighted by Gasteiger charge is -2.04. The summed E-state index contributed by atoms with van der Waals surface area (Å²) in [7, 11) is 0. The standard InChI is InChI=1S/C8H8N2O2.3C2H6/c11-8-10-5-7(12-8)6-3-1-2-4-9-6;3*1-2/h1-4,7H,5H2,(H,10,11);3*1-2H3/t7-;;;/m0.../s1. The molecule has 2 heterocycles. The highest BCUT2D eigenvalue weighted by Gasteiger charge is 2.24. The number of nitrogens with zero attached hydrogens (tertiary/aromatic N) is 1. The number of hydrogen-bond acceptors (Lipinski definition) is 3. The number of pyridine rings is 1. The maximum Gasteiger partial charge on any atom is 0.408 e. The van der Waals surface area contributed by atoms with Gasteiger partial charge in [-0.2, -0.15) is 0 Å². The first kappa shape index (κ1) is 18.8. The monoisotopic (exact) mass is 254 g/mol. The molecule has 104 valence electrons. The van der Waals surface area contributed by atoms with Crippen LogP contribution in [0.1, 0.15) is 53.3 Å². The molecule has 1 aromatic rings. The molecule has 0 spiro atoms. The fourth-order valence-corrected chi connectivity index (χ4v) is 1.12. The lowest BCUT2D eigenvalue weighted by atomic mass is 10.2. The van der Waals surface area contributed by atoms with Gasteiger partial charge in [-0.25, -0.2) is 4.79 Å². The van der Waals surface area contributed by atoms with Crippen molar-refractivity contribution in [2.24, 2.45) is 0 Å². The van der Waals surface area contributed by atoms with Gasteiger partial charge in [-0.05, 0) is 12.1 Å². The van der Waals surface area contributed by atoms with E-state index in [2.05, 4.69) is 10.3 Å². The molecule has 0 saturated carbocycles. The van der Waals surface area contributed by atoms with E-state index in [4.69, 9.17) is 4.74 Å². The fraction of sp³-hybridized carbons (Fsp3) is 0.571. The van der Waals surface area contributed by atoms with Crippen molar-refractivity contribution in [2.45, 2.75) is 47.6 Å². The van der Waals surface area contributed by atoms with Crippen LogP contribution in [-0.4, -0.2) is 17.6 Å². The van der Waals surface area contributed by atoms with Crippen LogP contribution in [-0.2, 0) is 4.74 Å². The molecule has 0 aliphatic carbocycles. The van der Waals surface area contributed by atoms with Crippen molar-refractivity contribution in [1.29, 1.82) is 0 Å². The molecule has 1 fully saturated rings. The number of alkyl carbamates (subject to hydrolysis) is 1. The third kappa shape index (κ3) is 6.89. The molecule has 1 aliphatic rings. The zero-order valence-electron chi connectivity index (χ0n) is 12.4. The van der Waals surface area contributed by atoms with Crippen molar-refractivity contribution in [3.8, 4) is 0 Å². The molecule has 0 unspecified atom stereocenters. The fourth-order valence-electron chi connectivity index (χ4n) is 1.12. The second-order valence-electron chi connectivity index (χ2n) is 2.53. The Morgan fingerprint density at radius 2 is 1.78 bits per heavy atom. The van der Waals surface area contributed by atoms with E-state index < -0.39 is 0 Å². The molecular formula is C14H26N2O2. The van der Waals surface area contributed by atoms with E-state index in [0.717, 1.165) is 5.69 Å². The summed E-state index contributed by atoms with van der Waals surface area (Å²) in [6.07, 6.45) is 1.09. The van der Waals surface area contributed by atoms with Crippen LogP contribution in [0.5, 0.6) is 0 Å². The van der Waals surface area contributed by atoms with Crippen LogP contribution in [0.4, 0.5) is 4.79 Å². The Morgan fingerprint density at radius 3 is 2.17 bits per heavy atom. The van der Waals surface area contributed by atoms with Gasteiger partial charge in [0.15, 0.2) is 6.10 Å². The van der Waals surface area contributed by atoms with Crippen molar-refractivity contribution >= 4 is 6.09 Å². The number of rotatable bonds is 1. The Morgan fingerprint density at radius 1 is 1.17 bits per heavy atom. The first-order valence-electron chi connectivity index (χ1n) is 6.71. The maximum absolute atomic E-state index is 10.7. The SMILES string of the molecule is CC.CC.CC.O=C1NC[C@@H](c2ccccn2)O1. The number of ether oxygens (including phenoxy) is 1. The summed E-state index contributed by atoms with van der Waals surface area (Å²) < 4.78 is 4.93. The summed E-state index contributed by atoms with van der Waals surface area (Å²) in [6, 6.07) is 5.53. The summed E-state index contributed by atoms with van der Waals surface area (Å²) in [5.74, 6) is 0. The van der Waals surface area contributed by atoms with Crippen LogP contribution in [0, 0.1) is 0 Å². The Balaban J connectivity index is 0. The normalized spacial score (nSPS) is 15.4. The van der Waals surface area contributed by atoms with Crippen molar-refractivity contribution in [3.05, 3.63) is 30.1 Å². The Hall–Kier alpha value is -1.58. The number of aromatic nitrogens is 1. The Bertz CT molecular complexity index is 289. The Kier molecular flexibility index (Phi) is 14.1. The van der Waals surface area contributed by atoms with E-state index in [1.54, 1.807) is 6.20 Å². The maximum atomic E-state index is 10.7. The van der Waals surface area contributed by atoms with E-state index in [9.17, 15) is 4.79 Å². The van der Waals surface area contributed by atoms with Crippen molar-refractivity contribution < 1.29 is 9.53 Å². The summed E-state index contributed by atoms with van der Waals surface area (Å²) in [5, 5.41) is 2.57. The van der Waals surface area contributed by atoms with Gasteiger partial charge in [0, 0.05) is 6.20 Å². The highest BCUT2D eigenvalue weighted by Crippen LogP contribution is 2.17. The average molecular weight is 254 g/mol. The van der Waals surface area contributed by atoms with Gasteiger partial charge in [-0.1, -0.05) is 47.6 Å². The van der Waals surface area contributed by atoms with E-state index in [1.807, 2.05) is 59.7 Å². The predicted octanol–water partition coefficient (Wildman–Crippen LogP) is 3.94. The molecule has 1 aromatic heterocycles. The van der Waals surface area contributed by atoms with E-state index >= 15 is 0 Å². The molecule has 1 atom stereocenters. The lowest BCUT2D eigenvalue weighted by molar-refractivity contribution is 0.139. The average Bonchev–Trinajstić information content (AvgIpc) is 2.93. The quantitative estimate of drug-likeness (QED) is 0.825. The number of carbonyl (C=O) groups is 1. The molecule has 18 heavy (non-hydrogen) atoms. The molecule has 0 aromatic carbocycles. The van der Waals surface area contributed by atoms with E-state index in [1.165, 1.54) is 0 Å². The van der Waals surface area contributed by atoms with Crippen molar-refractivity contribution in [3.63, 3.8) is 0 Å². The van der Waals surface area contributed by atoms with Crippen LogP contribution in [0.15, 0.2) is 24.4 Å². The minimum Gasteiger partial charge on any atom is -0.438 e. The first-order valence-corrected chi connectivity index (χ1v) is 6.71. The van der Waals surface area contributed by atoms with Crippen LogP contribution in [0.2, 0.25) is 0 Å². The van der Waals surface area contributed by atoms with Crippen molar-refractivity contribution in [1.82, 2.24) is 10.3 Å². The number of cyclic esters (lactones) is 1. The van der Waals surface area contributed by atoms with Crippen molar-refractivity contribution in [2.75, 3.05) is 6.54 Å². The minimum absolute atomic E-state index is 0.223. The molecule has 0 radical (unpaired) electrons. The van der Waals surface area contributed by atoms with Gasteiger partial charge in [-0.15, -0.1) is 0 Å². The summed E-state index contributed by atoms with van der Waals surface area (Å²) >= 11 is 0. The third-order valence-corrected chi connectivity index (χ3v) is 1.70. The molecule has 1 N–H and O–H groups in total. The molecule has 4 heteroatoms. The van der Waals surface area contributed by atoms with Crippen LogP contribution >= 0.6 is 0 Å².